The standard InChI is InChI=1S/C20H31N7.HI/c1-21-20(22-10-2-3-13-27-16-24-25-17-27)23-14-18-6-8-19(9-7-18)15-26-11-4-5-12-26;/h6-9,16-17H,2-5,10-15H2,1H3,(H2,21,22,23);1H. The first-order valence-corrected chi connectivity index (χ1v) is 9.90. The fourth-order valence-electron chi connectivity index (χ4n) is 3.33. The molecule has 0 atom stereocenters. The van der Waals surface area contributed by atoms with E-state index in [1.165, 1.54) is 37.1 Å². The second-order valence-corrected chi connectivity index (χ2v) is 7.06. The monoisotopic (exact) mass is 497 g/mol. The minimum Gasteiger partial charge on any atom is -0.356 e. The molecular formula is C20H32IN7. The Kier molecular flexibility index (Phi) is 10.3. The molecule has 154 valence electrons. The van der Waals surface area contributed by atoms with Gasteiger partial charge in [-0.05, 0) is 49.9 Å². The molecule has 0 spiro atoms. The number of unbranched alkanes of at least 4 members (excludes halogenated alkanes) is 1. The zero-order valence-corrected chi connectivity index (χ0v) is 19.0. The molecule has 0 amide bonds. The maximum absolute atomic E-state index is 4.30. The molecule has 1 aromatic heterocycles. The smallest absolute Gasteiger partial charge is 0.191 e. The molecule has 28 heavy (non-hydrogen) atoms. The van der Waals surface area contributed by atoms with Crippen molar-refractivity contribution in [3.63, 3.8) is 0 Å². The first-order chi connectivity index (χ1) is 13.3. The SMILES string of the molecule is CN=C(NCCCCn1cnnc1)NCc1ccc(CN2CCCC2)cc1.I. The fourth-order valence-corrected chi connectivity index (χ4v) is 3.33. The summed E-state index contributed by atoms with van der Waals surface area (Å²) in [6.45, 7) is 6.19. The van der Waals surface area contributed by atoms with Crippen LogP contribution in [0.15, 0.2) is 41.9 Å². The van der Waals surface area contributed by atoms with E-state index in [-0.39, 0.29) is 24.0 Å². The number of aromatic nitrogens is 3. The van der Waals surface area contributed by atoms with Crippen molar-refractivity contribution in [2.75, 3.05) is 26.7 Å². The third kappa shape index (κ3) is 7.75. The normalized spacial score (nSPS) is 14.7. The molecule has 0 unspecified atom stereocenters. The van der Waals surface area contributed by atoms with Crippen molar-refractivity contribution in [3.05, 3.63) is 48.0 Å². The van der Waals surface area contributed by atoms with Crippen LogP contribution in [-0.2, 0) is 19.6 Å². The molecule has 0 aliphatic carbocycles. The summed E-state index contributed by atoms with van der Waals surface area (Å²) in [4.78, 5) is 6.83. The first-order valence-electron chi connectivity index (χ1n) is 9.90. The maximum atomic E-state index is 4.30. The maximum Gasteiger partial charge on any atom is 0.191 e. The predicted molar refractivity (Wildman–Crippen MR) is 124 cm³/mol. The molecule has 1 aliphatic rings. The van der Waals surface area contributed by atoms with Crippen LogP contribution in [0.4, 0.5) is 0 Å². The average molecular weight is 497 g/mol. The van der Waals surface area contributed by atoms with E-state index in [9.17, 15) is 0 Å². The summed E-state index contributed by atoms with van der Waals surface area (Å²) < 4.78 is 2.00. The van der Waals surface area contributed by atoms with Gasteiger partial charge in [0.1, 0.15) is 12.7 Å². The Morgan fingerprint density at radius 2 is 1.68 bits per heavy atom. The number of hydrogen-bond donors (Lipinski definition) is 2. The first kappa shape index (κ1) is 22.6. The number of guanidine groups is 1. The Labute approximate surface area is 185 Å². The summed E-state index contributed by atoms with van der Waals surface area (Å²) in [6, 6.07) is 8.92. The van der Waals surface area contributed by atoms with Crippen LogP contribution < -0.4 is 10.6 Å². The Bertz CT molecular complexity index is 679. The van der Waals surface area contributed by atoms with Crippen molar-refractivity contribution >= 4 is 29.9 Å². The van der Waals surface area contributed by atoms with Crippen LogP contribution in [0.2, 0.25) is 0 Å². The molecule has 1 fully saturated rings. The summed E-state index contributed by atoms with van der Waals surface area (Å²) in [5.41, 5.74) is 2.67. The predicted octanol–water partition coefficient (Wildman–Crippen LogP) is 2.64. The molecule has 3 rings (SSSR count). The van der Waals surface area contributed by atoms with Gasteiger partial charge < -0.3 is 15.2 Å². The van der Waals surface area contributed by atoms with Crippen LogP contribution >= 0.6 is 24.0 Å². The molecule has 1 aliphatic heterocycles. The topological polar surface area (TPSA) is 70.4 Å². The van der Waals surface area contributed by atoms with E-state index in [0.717, 1.165) is 45.0 Å². The number of hydrogen-bond acceptors (Lipinski definition) is 4. The number of rotatable bonds is 9. The lowest BCUT2D eigenvalue weighted by Crippen LogP contribution is -2.37. The number of aryl methyl sites for hydroxylation is 1. The third-order valence-electron chi connectivity index (χ3n) is 4.91. The summed E-state index contributed by atoms with van der Waals surface area (Å²) in [5.74, 6) is 0.848. The van der Waals surface area contributed by atoms with Gasteiger partial charge in [-0.1, -0.05) is 24.3 Å². The molecule has 2 N–H and O–H groups in total. The van der Waals surface area contributed by atoms with Crippen LogP contribution in [0.1, 0.15) is 36.8 Å². The molecule has 8 heteroatoms. The van der Waals surface area contributed by atoms with Gasteiger partial charge in [0.2, 0.25) is 0 Å². The number of likely N-dealkylation sites (tertiary alicyclic amines) is 1. The van der Waals surface area contributed by atoms with E-state index in [1.54, 1.807) is 12.7 Å². The quantitative estimate of drug-likeness (QED) is 0.241. The summed E-state index contributed by atoms with van der Waals surface area (Å²) in [5, 5.41) is 14.4. The molecule has 2 aromatic rings. The summed E-state index contributed by atoms with van der Waals surface area (Å²) >= 11 is 0. The van der Waals surface area contributed by atoms with Crippen molar-refractivity contribution in [1.82, 2.24) is 30.3 Å². The molecule has 0 bridgehead atoms. The van der Waals surface area contributed by atoms with Crippen LogP contribution in [-0.4, -0.2) is 52.3 Å². The molecular weight excluding hydrogens is 465 g/mol. The number of aliphatic imine (C=N–C) groups is 1. The van der Waals surface area contributed by atoms with Crippen LogP contribution in [0.5, 0.6) is 0 Å². The van der Waals surface area contributed by atoms with Crippen LogP contribution in [0.3, 0.4) is 0 Å². The molecule has 0 saturated carbocycles. The Morgan fingerprint density at radius 3 is 2.36 bits per heavy atom. The highest BCUT2D eigenvalue weighted by molar-refractivity contribution is 14.0. The summed E-state index contributed by atoms with van der Waals surface area (Å²) in [7, 11) is 1.81. The second-order valence-electron chi connectivity index (χ2n) is 7.06. The van der Waals surface area contributed by atoms with E-state index < -0.39 is 0 Å². The van der Waals surface area contributed by atoms with Gasteiger partial charge in [-0.15, -0.1) is 34.2 Å². The second kappa shape index (κ2) is 12.7. The lowest BCUT2D eigenvalue weighted by atomic mass is 10.1. The zero-order chi connectivity index (χ0) is 18.7. The average Bonchev–Trinajstić information content (AvgIpc) is 3.39. The van der Waals surface area contributed by atoms with E-state index in [0.29, 0.717) is 0 Å². The molecule has 1 aromatic carbocycles. The summed E-state index contributed by atoms with van der Waals surface area (Å²) in [6.07, 6.45) is 8.35. The number of nitrogens with zero attached hydrogens (tertiary/aromatic N) is 5. The Hall–Kier alpha value is -1.68. The van der Waals surface area contributed by atoms with Crippen molar-refractivity contribution in [1.29, 1.82) is 0 Å². The van der Waals surface area contributed by atoms with Crippen molar-refractivity contribution in [2.45, 2.75) is 45.3 Å². The van der Waals surface area contributed by atoms with Gasteiger partial charge in [-0.2, -0.15) is 0 Å². The van der Waals surface area contributed by atoms with E-state index >= 15 is 0 Å². The number of benzene rings is 1. The number of halogens is 1. The van der Waals surface area contributed by atoms with Gasteiger partial charge in [0.25, 0.3) is 0 Å². The van der Waals surface area contributed by atoms with Crippen molar-refractivity contribution < 1.29 is 0 Å². The highest BCUT2D eigenvalue weighted by Crippen LogP contribution is 2.13. The van der Waals surface area contributed by atoms with Gasteiger partial charge in [-0.3, -0.25) is 9.89 Å². The van der Waals surface area contributed by atoms with Gasteiger partial charge in [-0.25, -0.2) is 0 Å². The van der Waals surface area contributed by atoms with Crippen LogP contribution in [0.25, 0.3) is 0 Å². The van der Waals surface area contributed by atoms with Gasteiger partial charge in [0.05, 0.1) is 0 Å². The molecule has 7 nitrogen and oxygen atoms in total. The lowest BCUT2D eigenvalue weighted by molar-refractivity contribution is 0.331. The molecule has 2 heterocycles. The van der Waals surface area contributed by atoms with E-state index in [4.69, 9.17) is 0 Å². The highest BCUT2D eigenvalue weighted by Gasteiger charge is 2.11. The third-order valence-corrected chi connectivity index (χ3v) is 4.91. The van der Waals surface area contributed by atoms with Gasteiger partial charge >= 0.3 is 0 Å². The van der Waals surface area contributed by atoms with Crippen molar-refractivity contribution in [3.8, 4) is 0 Å². The highest BCUT2D eigenvalue weighted by atomic mass is 127. The number of nitrogens with one attached hydrogen (secondary N) is 2. The van der Waals surface area contributed by atoms with E-state index in [2.05, 4.69) is 55.0 Å². The zero-order valence-electron chi connectivity index (χ0n) is 16.7. The fraction of sp³-hybridized carbons (Fsp3) is 0.550. The molecule has 0 radical (unpaired) electrons. The lowest BCUT2D eigenvalue weighted by Gasteiger charge is -2.15. The van der Waals surface area contributed by atoms with Gasteiger partial charge in [0, 0.05) is 33.2 Å². The Morgan fingerprint density at radius 1 is 1.00 bits per heavy atom. The Balaban J connectivity index is 0.00000280. The van der Waals surface area contributed by atoms with Crippen LogP contribution in [0, 0.1) is 0 Å². The van der Waals surface area contributed by atoms with Crippen molar-refractivity contribution in [2.24, 2.45) is 4.99 Å². The van der Waals surface area contributed by atoms with E-state index in [1.807, 2.05) is 11.6 Å². The van der Waals surface area contributed by atoms with Gasteiger partial charge in [0.15, 0.2) is 5.96 Å². The minimum atomic E-state index is 0. The largest absolute Gasteiger partial charge is 0.356 e. The minimum absolute atomic E-state index is 0. The molecule has 1 saturated heterocycles.